The second-order valence-electron chi connectivity index (χ2n) is 5.80. The van der Waals surface area contributed by atoms with Gasteiger partial charge in [0.2, 0.25) is 0 Å². The maximum atomic E-state index is 11.0. The molecule has 3 nitrogen and oxygen atoms in total. The molecule has 2 aromatic carbocycles. The molecule has 0 aliphatic carbocycles. The highest BCUT2D eigenvalue weighted by atomic mass is 16.1. The Kier molecular flexibility index (Phi) is 3.28. The molecule has 1 aromatic heterocycles. The van der Waals surface area contributed by atoms with Crippen LogP contribution in [-0.4, -0.2) is 23.9 Å². The fourth-order valence-electron chi connectivity index (χ4n) is 3.29. The van der Waals surface area contributed by atoms with E-state index >= 15 is 0 Å². The number of aromatic nitrogens is 1. The Bertz CT molecular complexity index is 848. The first kappa shape index (κ1) is 13.3. The molecule has 0 amide bonds. The van der Waals surface area contributed by atoms with E-state index in [2.05, 4.69) is 40.2 Å². The average Bonchev–Trinajstić information content (AvgIpc) is 2.75. The second kappa shape index (κ2) is 5.43. The van der Waals surface area contributed by atoms with Crippen LogP contribution in [0.2, 0.25) is 0 Å². The topological polar surface area (TPSA) is 34.0 Å². The van der Waals surface area contributed by atoms with Crippen LogP contribution in [0.3, 0.4) is 0 Å². The maximum absolute atomic E-state index is 11.0. The van der Waals surface area contributed by atoms with Crippen molar-refractivity contribution in [3.63, 3.8) is 0 Å². The summed E-state index contributed by atoms with van der Waals surface area (Å²) in [6, 6.07) is 16.7. The van der Waals surface area contributed by atoms with E-state index in [0.717, 1.165) is 49.0 Å². The van der Waals surface area contributed by atoms with Gasteiger partial charge in [0.25, 0.3) is 0 Å². The molecule has 0 spiro atoms. The number of aldehydes is 1. The average molecular weight is 290 g/mol. The van der Waals surface area contributed by atoms with Gasteiger partial charge >= 0.3 is 0 Å². The highest BCUT2D eigenvalue weighted by Gasteiger charge is 2.12. The van der Waals surface area contributed by atoms with Crippen LogP contribution >= 0.6 is 0 Å². The number of carbonyl (C=O) groups is 1. The van der Waals surface area contributed by atoms with Gasteiger partial charge in [-0.3, -0.25) is 4.79 Å². The van der Waals surface area contributed by atoms with Crippen LogP contribution in [0.4, 0.5) is 0 Å². The maximum Gasteiger partial charge on any atom is 0.150 e. The number of nitrogens with zero attached hydrogens (tertiary/aromatic N) is 1. The lowest BCUT2D eigenvalue weighted by Crippen LogP contribution is -2.17. The molecule has 110 valence electrons. The summed E-state index contributed by atoms with van der Waals surface area (Å²) < 4.78 is 2.42. The third-order valence-electron chi connectivity index (χ3n) is 4.42. The van der Waals surface area contributed by atoms with Crippen LogP contribution in [-0.2, 0) is 13.0 Å². The molecular formula is C19H18N2O. The molecule has 1 N–H and O–H groups in total. The lowest BCUT2D eigenvalue weighted by atomic mass is 10.0. The monoisotopic (exact) mass is 290 g/mol. The summed E-state index contributed by atoms with van der Waals surface area (Å²) in [5.41, 5.74) is 5.66. The van der Waals surface area contributed by atoms with Crippen LogP contribution in [0.1, 0.15) is 16.1 Å². The van der Waals surface area contributed by atoms with Crippen LogP contribution in [0.15, 0.2) is 48.5 Å². The van der Waals surface area contributed by atoms with Crippen molar-refractivity contribution >= 4 is 17.2 Å². The third kappa shape index (κ3) is 2.24. The van der Waals surface area contributed by atoms with Gasteiger partial charge in [-0.1, -0.05) is 30.3 Å². The minimum Gasteiger partial charge on any atom is -0.343 e. The van der Waals surface area contributed by atoms with Crippen molar-refractivity contribution in [2.45, 2.75) is 13.0 Å². The summed E-state index contributed by atoms with van der Waals surface area (Å²) in [6.07, 6.45) is 1.97. The van der Waals surface area contributed by atoms with Crippen molar-refractivity contribution in [3.05, 3.63) is 59.8 Å². The summed E-state index contributed by atoms with van der Waals surface area (Å²) in [7, 11) is 0. The molecule has 0 saturated heterocycles. The summed E-state index contributed by atoms with van der Waals surface area (Å²) in [6.45, 7) is 3.07. The molecule has 1 aliphatic rings. The van der Waals surface area contributed by atoms with Gasteiger partial charge in [0.05, 0.1) is 0 Å². The third-order valence-corrected chi connectivity index (χ3v) is 4.42. The van der Waals surface area contributed by atoms with Crippen molar-refractivity contribution in [3.8, 4) is 11.1 Å². The van der Waals surface area contributed by atoms with Gasteiger partial charge in [-0.2, -0.15) is 0 Å². The van der Waals surface area contributed by atoms with Gasteiger partial charge in [0, 0.05) is 42.8 Å². The first-order valence-corrected chi connectivity index (χ1v) is 7.74. The second-order valence-corrected chi connectivity index (χ2v) is 5.80. The number of benzene rings is 2. The minimum absolute atomic E-state index is 0.718. The molecule has 22 heavy (non-hydrogen) atoms. The van der Waals surface area contributed by atoms with Gasteiger partial charge in [-0.25, -0.2) is 0 Å². The predicted molar refractivity (Wildman–Crippen MR) is 89.3 cm³/mol. The van der Waals surface area contributed by atoms with E-state index in [1.54, 1.807) is 0 Å². The zero-order valence-electron chi connectivity index (χ0n) is 12.4. The number of carbonyl (C=O) groups excluding carboxylic acids is 1. The van der Waals surface area contributed by atoms with Gasteiger partial charge in [-0.05, 0) is 34.7 Å². The molecule has 2 heterocycles. The molecule has 0 fully saturated rings. The molecule has 3 aromatic rings. The van der Waals surface area contributed by atoms with Crippen molar-refractivity contribution in [2.75, 3.05) is 13.1 Å². The van der Waals surface area contributed by atoms with Crippen molar-refractivity contribution in [1.82, 2.24) is 9.88 Å². The minimum atomic E-state index is 0.718. The van der Waals surface area contributed by atoms with E-state index in [1.165, 1.54) is 16.6 Å². The van der Waals surface area contributed by atoms with Crippen molar-refractivity contribution in [1.29, 1.82) is 0 Å². The largest absolute Gasteiger partial charge is 0.343 e. The predicted octanol–water partition coefficient (Wildman–Crippen LogP) is 3.27. The zero-order valence-corrected chi connectivity index (χ0v) is 12.4. The Morgan fingerprint density at radius 1 is 1.00 bits per heavy atom. The van der Waals surface area contributed by atoms with Crippen LogP contribution in [0, 0.1) is 0 Å². The Hall–Kier alpha value is -2.39. The van der Waals surface area contributed by atoms with E-state index in [4.69, 9.17) is 0 Å². The molecule has 0 atom stereocenters. The number of rotatable bonds is 2. The van der Waals surface area contributed by atoms with E-state index in [9.17, 15) is 4.79 Å². The smallest absolute Gasteiger partial charge is 0.150 e. The molecule has 0 radical (unpaired) electrons. The molecule has 3 heteroatoms. The van der Waals surface area contributed by atoms with Gasteiger partial charge < -0.3 is 9.88 Å². The Morgan fingerprint density at radius 3 is 2.82 bits per heavy atom. The molecule has 0 unspecified atom stereocenters. The van der Waals surface area contributed by atoms with E-state index < -0.39 is 0 Å². The molecule has 0 saturated carbocycles. The first-order chi connectivity index (χ1) is 10.8. The number of hydrogen-bond acceptors (Lipinski definition) is 2. The highest BCUT2D eigenvalue weighted by Crippen LogP contribution is 2.28. The standard InChI is InChI=1S/C19H18N2O/c22-13-14-2-1-3-15(10-14)16-4-5-17-11-18-6-7-20-8-9-21(18)19(17)12-16/h1-5,10-13,20H,6-9H2. The number of nitrogens with one attached hydrogen (secondary N) is 1. The van der Waals surface area contributed by atoms with Gasteiger partial charge in [0.15, 0.2) is 0 Å². The quantitative estimate of drug-likeness (QED) is 0.735. The lowest BCUT2D eigenvalue weighted by molar-refractivity contribution is 0.112. The summed E-state index contributed by atoms with van der Waals surface area (Å²) in [5.74, 6) is 0. The number of fused-ring (bicyclic) bond motifs is 3. The summed E-state index contributed by atoms with van der Waals surface area (Å²) >= 11 is 0. The van der Waals surface area contributed by atoms with Crippen LogP contribution in [0.5, 0.6) is 0 Å². The lowest BCUT2D eigenvalue weighted by Gasteiger charge is -2.08. The Labute approximate surface area is 129 Å². The van der Waals surface area contributed by atoms with Crippen LogP contribution < -0.4 is 5.32 Å². The van der Waals surface area contributed by atoms with Crippen LogP contribution in [0.25, 0.3) is 22.0 Å². The van der Waals surface area contributed by atoms with Crippen molar-refractivity contribution < 1.29 is 4.79 Å². The fraction of sp³-hybridized carbons (Fsp3) is 0.211. The van der Waals surface area contributed by atoms with E-state index in [-0.39, 0.29) is 0 Å². The molecule has 0 bridgehead atoms. The van der Waals surface area contributed by atoms with E-state index in [1.807, 2.05) is 18.2 Å². The molecule has 4 rings (SSSR count). The first-order valence-electron chi connectivity index (χ1n) is 7.74. The Morgan fingerprint density at radius 2 is 1.91 bits per heavy atom. The summed E-state index contributed by atoms with van der Waals surface area (Å²) in [4.78, 5) is 11.0. The fourth-order valence-corrected chi connectivity index (χ4v) is 3.29. The van der Waals surface area contributed by atoms with Gasteiger partial charge in [-0.15, -0.1) is 0 Å². The SMILES string of the molecule is O=Cc1cccc(-c2ccc3cc4n(c3c2)CCNCC4)c1. The highest BCUT2D eigenvalue weighted by molar-refractivity contribution is 5.87. The number of hydrogen-bond donors (Lipinski definition) is 1. The summed E-state index contributed by atoms with van der Waals surface area (Å²) in [5, 5.41) is 4.74. The van der Waals surface area contributed by atoms with Crippen molar-refractivity contribution in [2.24, 2.45) is 0 Å². The van der Waals surface area contributed by atoms with E-state index in [0.29, 0.717) is 0 Å². The zero-order chi connectivity index (χ0) is 14.9. The molecular weight excluding hydrogens is 272 g/mol. The molecule has 1 aliphatic heterocycles. The van der Waals surface area contributed by atoms with Gasteiger partial charge in [0.1, 0.15) is 6.29 Å². The Balaban J connectivity index is 1.85. The normalized spacial score (nSPS) is 14.5.